The molecule has 0 spiro atoms. The van der Waals surface area contributed by atoms with E-state index in [0.717, 1.165) is 12.1 Å². The maximum Gasteiger partial charge on any atom is 0.416 e. The summed E-state index contributed by atoms with van der Waals surface area (Å²) in [6.45, 7) is 4.36. The van der Waals surface area contributed by atoms with E-state index < -0.39 is 51.9 Å². The minimum absolute atomic E-state index is 0.0992. The van der Waals surface area contributed by atoms with E-state index in [0.29, 0.717) is 27.4 Å². The number of rotatable bonds is 12. The fourth-order valence-electron chi connectivity index (χ4n) is 4.26. The summed E-state index contributed by atoms with van der Waals surface area (Å²) in [5.74, 6) is -1.28. The maximum atomic E-state index is 14.1. The number of amides is 2. The summed E-state index contributed by atoms with van der Waals surface area (Å²) in [4.78, 5) is 28.3. The van der Waals surface area contributed by atoms with Crippen molar-refractivity contribution < 1.29 is 31.2 Å². The molecule has 0 saturated heterocycles. The topological polar surface area (TPSA) is 86.8 Å². The third-order valence-electron chi connectivity index (χ3n) is 6.81. The van der Waals surface area contributed by atoms with Crippen LogP contribution < -0.4 is 9.62 Å². The van der Waals surface area contributed by atoms with Gasteiger partial charge < -0.3 is 10.2 Å². The number of hydrogen-bond acceptors (Lipinski definition) is 4. The number of nitrogens with zero attached hydrogens (tertiary/aromatic N) is 2. The highest BCUT2D eigenvalue weighted by Gasteiger charge is 2.37. The standard InChI is InChI=1S/C30H32Cl2F3N3O4S/c1-4-20(3)36-29(40)26(5-2)37(18-21-11-14-23(31)15-12-21)28(39)19-38(43(41,42)24-9-7-6-8-10-24)27-17-22(30(33,34)35)13-16-25(27)32/h6-17,20,26H,4-5,18-19H2,1-3H3,(H,36,40)/t20-,26-/m0/s1. The van der Waals surface area contributed by atoms with Crippen LogP contribution in [0.15, 0.2) is 77.7 Å². The fraction of sp³-hybridized carbons (Fsp3) is 0.333. The number of sulfonamides is 1. The number of hydrogen-bond donors (Lipinski definition) is 1. The molecule has 3 rings (SSSR count). The van der Waals surface area contributed by atoms with E-state index in [2.05, 4.69) is 5.32 Å². The van der Waals surface area contributed by atoms with E-state index >= 15 is 0 Å². The molecule has 2 amide bonds. The summed E-state index contributed by atoms with van der Waals surface area (Å²) in [6.07, 6.45) is -4.00. The van der Waals surface area contributed by atoms with Crippen LogP contribution in [0.25, 0.3) is 0 Å². The van der Waals surface area contributed by atoms with Gasteiger partial charge in [-0.05, 0) is 67.8 Å². The molecule has 43 heavy (non-hydrogen) atoms. The zero-order valence-electron chi connectivity index (χ0n) is 23.7. The minimum atomic E-state index is -4.81. The molecule has 0 aromatic heterocycles. The van der Waals surface area contributed by atoms with E-state index in [9.17, 15) is 31.2 Å². The Labute approximate surface area is 259 Å². The van der Waals surface area contributed by atoms with Crippen molar-refractivity contribution >= 4 is 50.7 Å². The van der Waals surface area contributed by atoms with Crippen molar-refractivity contribution in [2.24, 2.45) is 0 Å². The van der Waals surface area contributed by atoms with Gasteiger partial charge in [-0.25, -0.2) is 8.42 Å². The molecule has 232 valence electrons. The Hall–Kier alpha value is -3.28. The first-order valence-electron chi connectivity index (χ1n) is 13.5. The number of halogens is 5. The van der Waals surface area contributed by atoms with Crippen LogP contribution in [-0.2, 0) is 32.3 Å². The average Bonchev–Trinajstić information content (AvgIpc) is 2.96. The molecule has 3 aromatic rings. The summed E-state index contributed by atoms with van der Waals surface area (Å²) in [7, 11) is -4.61. The Morgan fingerprint density at radius 1 is 0.930 bits per heavy atom. The molecule has 0 heterocycles. The molecular weight excluding hydrogens is 626 g/mol. The molecule has 0 radical (unpaired) electrons. The zero-order chi connectivity index (χ0) is 31.9. The number of anilines is 1. The third-order valence-corrected chi connectivity index (χ3v) is 9.15. The molecule has 7 nitrogen and oxygen atoms in total. The van der Waals surface area contributed by atoms with Crippen molar-refractivity contribution in [1.82, 2.24) is 10.2 Å². The summed E-state index contributed by atoms with van der Waals surface area (Å²) in [5, 5.41) is 2.99. The van der Waals surface area contributed by atoms with Gasteiger partial charge in [-0.2, -0.15) is 13.2 Å². The van der Waals surface area contributed by atoms with Gasteiger partial charge in [0.2, 0.25) is 11.8 Å². The highest BCUT2D eigenvalue weighted by molar-refractivity contribution is 7.92. The minimum Gasteiger partial charge on any atom is -0.352 e. The second-order valence-corrected chi connectivity index (χ2v) is 12.6. The monoisotopic (exact) mass is 657 g/mol. The molecule has 0 unspecified atom stereocenters. The third kappa shape index (κ3) is 8.64. The van der Waals surface area contributed by atoms with E-state index in [-0.39, 0.29) is 28.9 Å². The molecule has 0 aliphatic heterocycles. The number of carbonyl (C=O) groups excluding carboxylic acids is 2. The Morgan fingerprint density at radius 2 is 1.56 bits per heavy atom. The molecule has 0 fully saturated rings. The van der Waals surface area contributed by atoms with Crippen molar-refractivity contribution in [3.8, 4) is 0 Å². The SMILES string of the molecule is CC[C@H](C)NC(=O)[C@H](CC)N(Cc1ccc(Cl)cc1)C(=O)CN(c1cc(C(F)(F)F)ccc1Cl)S(=O)(=O)c1ccccc1. The van der Waals surface area contributed by atoms with Crippen molar-refractivity contribution in [1.29, 1.82) is 0 Å². The fourth-order valence-corrected chi connectivity index (χ4v) is 6.10. The summed E-state index contributed by atoms with van der Waals surface area (Å²) in [5.41, 5.74) is -1.08. The van der Waals surface area contributed by atoms with Crippen molar-refractivity contribution in [3.05, 3.63) is 94.0 Å². The van der Waals surface area contributed by atoms with Crippen LogP contribution in [0.3, 0.4) is 0 Å². The summed E-state index contributed by atoms with van der Waals surface area (Å²) < 4.78 is 69.3. The van der Waals surface area contributed by atoms with Gasteiger partial charge in [0.25, 0.3) is 10.0 Å². The van der Waals surface area contributed by atoms with Crippen LogP contribution in [0, 0.1) is 0 Å². The highest BCUT2D eigenvalue weighted by Crippen LogP contribution is 2.37. The second kappa shape index (κ2) is 14.5. The molecule has 0 saturated carbocycles. The number of carbonyl (C=O) groups is 2. The maximum absolute atomic E-state index is 14.1. The molecule has 13 heteroatoms. The normalized spacial score (nSPS) is 13.2. The molecule has 1 N–H and O–H groups in total. The molecule has 0 bridgehead atoms. The summed E-state index contributed by atoms with van der Waals surface area (Å²) in [6, 6.07) is 14.5. The van der Waals surface area contributed by atoms with Crippen molar-refractivity contribution in [3.63, 3.8) is 0 Å². The zero-order valence-corrected chi connectivity index (χ0v) is 26.1. The van der Waals surface area contributed by atoms with Crippen LogP contribution in [0.2, 0.25) is 10.0 Å². The number of alkyl halides is 3. The molecule has 0 aliphatic rings. The van der Waals surface area contributed by atoms with Gasteiger partial charge in [-0.3, -0.25) is 13.9 Å². The predicted molar refractivity (Wildman–Crippen MR) is 161 cm³/mol. The lowest BCUT2D eigenvalue weighted by Crippen LogP contribution is -2.53. The van der Waals surface area contributed by atoms with Gasteiger partial charge in [0.1, 0.15) is 12.6 Å². The highest BCUT2D eigenvalue weighted by atomic mass is 35.5. The number of nitrogens with one attached hydrogen (secondary N) is 1. The van der Waals surface area contributed by atoms with E-state index in [1.165, 1.54) is 29.2 Å². The van der Waals surface area contributed by atoms with Crippen LogP contribution >= 0.6 is 23.2 Å². The number of benzene rings is 3. The molecule has 0 aliphatic carbocycles. The van der Waals surface area contributed by atoms with Gasteiger partial charge >= 0.3 is 6.18 Å². The van der Waals surface area contributed by atoms with Gasteiger partial charge in [-0.1, -0.05) is 67.4 Å². The summed E-state index contributed by atoms with van der Waals surface area (Å²) >= 11 is 12.3. The Kier molecular flexibility index (Phi) is 11.5. The molecule has 2 atom stereocenters. The first-order valence-corrected chi connectivity index (χ1v) is 15.7. The van der Waals surface area contributed by atoms with Gasteiger partial charge in [0, 0.05) is 17.6 Å². The van der Waals surface area contributed by atoms with Gasteiger partial charge in [0.15, 0.2) is 0 Å². The first-order chi connectivity index (χ1) is 20.2. The van der Waals surface area contributed by atoms with Gasteiger partial charge in [0.05, 0.1) is 21.2 Å². The lowest BCUT2D eigenvalue weighted by molar-refractivity contribution is -0.140. The first kappa shape index (κ1) is 34.2. The van der Waals surface area contributed by atoms with Gasteiger partial charge in [-0.15, -0.1) is 0 Å². The molecular formula is C30H32Cl2F3N3O4S. The Balaban J connectivity index is 2.15. The quantitative estimate of drug-likeness (QED) is 0.229. The van der Waals surface area contributed by atoms with Crippen molar-refractivity contribution in [2.45, 2.75) is 63.3 Å². The second-order valence-electron chi connectivity index (χ2n) is 9.88. The van der Waals surface area contributed by atoms with Crippen LogP contribution in [-0.4, -0.2) is 43.8 Å². The van der Waals surface area contributed by atoms with Crippen LogP contribution in [0.1, 0.15) is 44.7 Å². The Morgan fingerprint density at radius 3 is 2.12 bits per heavy atom. The largest absolute Gasteiger partial charge is 0.416 e. The lowest BCUT2D eigenvalue weighted by Gasteiger charge is -2.34. The van der Waals surface area contributed by atoms with E-state index in [1.807, 2.05) is 6.92 Å². The smallest absolute Gasteiger partial charge is 0.352 e. The van der Waals surface area contributed by atoms with Crippen LogP contribution in [0.4, 0.5) is 18.9 Å². The predicted octanol–water partition coefficient (Wildman–Crippen LogP) is 6.93. The van der Waals surface area contributed by atoms with E-state index in [4.69, 9.17) is 23.2 Å². The average molecular weight is 659 g/mol. The lowest BCUT2D eigenvalue weighted by atomic mass is 10.1. The molecule has 3 aromatic carbocycles. The Bertz CT molecular complexity index is 1520. The van der Waals surface area contributed by atoms with Crippen molar-refractivity contribution in [2.75, 3.05) is 10.8 Å². The van der Waals surface area contributed by atoms with E-state index in [1.54, 1.807) is 44.2 Å². The van der Waals surface area contributed by atoms with Crippen LogP contribution in [0.5, 0.6) is 0 Å².